The molecule has 0 aliphatic rings. The molecule has 2 aromatic carbocycles. The predicted molar refractivity (Wildman–Crippen MR) is 80.6 cm³/mol. The van der Waals surface area contributed by atoms with Crippen LogP contribution in [0.25, 0.3) is 0 Å². The lowest BCUT2D eigenvalue weighted by Crippen LogP contribution is -2.28. The molecule has 1 amide bonds. The minimum Gasteiger partial charge on any atom is -0.483 e. The van der Waals surface area contributed by atoms with Crippen LogP contribution in [0.15, 0.2) is 42.5 Å². The van der Waals surface area contributed by atoms with Gasteiger partial charge in [-0.1, -0.05) is 23.7 Å². The number of halogens is 2. The van der Waals surface area contributed by atoms with E-state index in [0.29, 0.717) is 11.3 Å². The van der Waals surface area contributed by atoms with Crippen molar-refractivity contribution in [2.24, 2.45) is 0 Å². The maximum absolute atomic E-state index is 12.7. The fourth-order valence-corrected chi connectivity index (χ4v) is 1.92. The summed E-state index contributed by atoms with van der Waals surface area (Å²) in [6.07, 6.45) is 0.609. The summed E-state index contributed by atoms with van der Waals surface area (Å²) in [7, 11) is 0. The summed E-state index contributed by atoms with van der Waals surface area (Å²) in [5.41, 5.74) is 1.05. The summed E-state index contributed by atoms with van der Waals surface area (Å²) < 4.78 is 18.0. The van der Waals surface area contributed by atoms with Crippen molar-refractivity contribution in [3.63, 3.8) is 0 Å². The van der Waals surface area contributed by atoms with Gasteiger partial charge in [-0.05, 0) is 35.9 Å². The van der Waals surface area contributed by atoms with Crippen LogP contribution in [0.4, 0.5) is 4.39 Å². The number of carbonyl (C=O) groups excluding carboxylic acids is 2. The van der Waals surface area contributed by atoms with Crippen molar-refractivity contribution >= 4 is 23.8 Å². The van der Waals surface area contributed by atoms with Crippen molar-refractivity contribution in [1.29, 1.82) is 0 Å². The zero-order valence-corrected chi connectivity index (χ0v) is 12.3. The molecule has 2 rings (SSSR count). The molecule has 4 nitrogen and oxygen atoms in total. The van der Waals surface area contributed by atoms with Crippen molar-refractivity contribution in [2.45, 2.75) is 6.54 Å². The maximum atomic E-state index is 12.7. The molecule has 0 unspecified atom stereocenters. The molecule has 0 fully saturated rings. The Labute approximate surface area is 131 Å². The highest BCUT2D eigenvalue weighted by atomic mass is 35.5. The number of aldehydes is 1. The Bertz CT molecular complexity index is 674. The summed E-state index contributed by atoms with van der Waals surface area (Å²) in [5.74, 6) is -0.394. The zero-order chi connectivity index (χ0) is 15.9. The van der Waals surface area contributed by atoms with Crippen LogP contribution in [0.3, 0.4) is 0 Å². The third-order valence-corrected chi connectivity index (χ3v) is 3.10. The third-order valence-electron chi connectivity index (χ3n) is 2.86. The van der Waals surface area contributed by atoms with Crippen molar-refractivity contribution in [1.82, 2.24) is 5.32 Å². The Hall–Kier alpha value is -2.40. The Balaban J connectivity index is 1.85. The van der Waals surface area contributed by atoms with E-state index in [9.17, 15) is 14.0 Å². The molecule has 0 atom stereocenters. The minimum atomic E-state index is -0.351. The second kappa shape index (κ2) is 7.56. The molecule has 2 aromatic rings. The molecular formula is C16H13ClFNO3. The van der Waals surface area contributed by atoms with E-state index in [-0.39, 0.29) is 36.2 Å². The molecule has 22 heavy (non-hydrogen) atoms. The number of carbonyl (C=O) groups is 2. The predicted octanol–water partition coefficient (Wildman–Crippen LogP) is 2.99. The lowest BCUT2D eigenvalue weighted by Gasteiger charge is -2.09. The van der Waals surface area contributed by atoms with E-state index in [1.54, 1.807) is 18.2 Å². The topological polar surface area (TPSA) is 55.4 Å². The maximum Gasteiger partial charge on any atom is 0.258 e. The van der Waals surface area contributed by atoms with Gasteiger partial charge in [-0.3, -0.25) is 9.59 Å². The molecule has 0 aliphatic carbocycles. The molecule has 0 saturated heterocycles. The molecular weight excluding hydrogens is 309 g/mol. The number of ether oxygens (including phenoxy) is 1. The van der Waals surface area contributed by atoms with Gasteiger partial charge in [0.1, 0.15) is 11.6 Å². The largest absolute Gasteiger partial charge is 0.483 e. The standard InChI is InChI=1S/C16H13ClFNO3/c17-13-3-6-15(12(7-13)9-20)22-10-16(21)19-8-11-1-4-14(18)5-2-11/h1-7,9H,8,10H2,(H,19,21). The van der Waals surface area contributed by atoms with Gasteiger partial charge in [0.2, 0.25) is 0 Å². The zero-order valence-electron chi connectivity index (χ0n) is 11.5. The van der Waals surface area contributed by atoms with Crippen LogP contribution in [0.1, 0.15) is 15.9 Å². The van der Waals surface area contributed by atoms with E-state index in [0.717, 1.165) is 5.56 Å². The molecule has 0 aliphatic heterocycles. The summed E-state index contributed by atoms with van der Waals surface area (Å²) in [6, 6.07) is 10.4. The smallest absolute Gasteiger partial charge is 0.258 e. The van der Waals surface area contributed by atoms with Gasteiger partial charge in [-0.15, -0.1) is 0 Å². The molecule has 0 bridgehead atoms. The average Bonchev–Trinajstić information content (AvgIpc) is 2.53. The SMILES string of the molecule is O=Cc1cc(Cl)ccc1OCC(=O)NCc1ccc(F)cc1. The highest BCUT2D eigenvalue weighted by Crippen LogP contribution is 2.21. The number of benzene rings is 2. The van der Waals surface area contributed by atoms with Gasteiger partial charge >= 0.3 is 0 Å². The quantitative estimate of drug-likeness (QED) is 0.832. The molecule has 0 saturated carbocycles. The van der Waals surface area contributed by atoms with E-state index in [2.05, 4.69) is 5.32 Å². The monoisotopic (exact) mass is 321 g/mol. The second-order valence-corrected chi connectivity index (χ2v) is 4.93. The Kier molecular flexibility index (Phi) is 5.49. The van der Waals surface area contributed by atoms with E-state index in [4.69, 9.17) is 16.3 Å². The van der Waals surface area contributed by atoms with Crippen molar-refractivity contribution in [3.05, 3.63) is 64.4 Å². The molecule has 114 valence electrons. The summed E-state index contributed by atoms with van der Waals surface area (Å²) >= 11 is 5.77. The Morgan fingerprint density at radius 2 is 1.95 bits per heavy atom. The fourth-order valence-electron chi connectivity index (χ4n) is 1.74. The lowest BCUT2D eigenvalue weighted by atomic mass is 10.2. The summed E-state index contributed by atoms with van der Waals surface area (Å²) in [4.78, 5) is 22.6. The van der Waals surface area contributed by atoms with E-state index >= 15 is 0 Å². The first-order valence-corrected chi connectivity index (χ1v) is 6.85. The van der Waals surface area contributed by atoms with Crippen LogP contribution in [-0.4, -0.2) is 18.8 Å². The van der Waals surface area contributed by atoms with Crippen molar-refractivity contribution in [2.75, 3.05) is 6.61 Å². The normalized spacial score (nSPS) is 10.1. The van der Waals surface area contributed by atoms with Crippen LogP contribution in [-0.2, 0) is 11.3 Å². The number of rotatable bonds is 6. The van der Waals surface area contributed by atoms with Crippen molar-refractivity contribution < 1.29 is 18.7 Å². The first-order valence-electron chi connectivity index (χ1n) is 6.47. The first-order chi connectivity index (χ1) is 10.6. The van der Waals surface area contributed by atoms with Gasteiger partial charge in [-0.2, -0.15) is 0 Å². The van der Waals surface area contributed by atoms with Gasteiger partial charge in [0.25, 0.3) is 5.91 Å². The molecule has 6 heteroatoms. The second-order valence-electron chi connectivity index (χ2n) is 4.49. The lowest BCUT2D eigenvalue weighted by molar-refractivity contribution is -0.123. The molecule has 0 heterocycles. The van der Waals surface area contributed by atoms with E-state index in [1.165, 1.54) is 24.3 Å². The number of nitrogens with one attached hydrogen (secondary N) is 1. The third kappa shape index (κ3) is 4.56. The van der Waals surface area contributed by atoms with Crippen LogP contribution < -0.4 is 10.1 Å². The highest BCUT2D eigenvalue weighted by molar-refractivity contribution is 6.30. The van der Waals surface area contributed by atoms with Gasteiger partial charge < -0.3 is 10.1 Å². The fraction of sp³-hybridized carbons (Fsp3) is 0.125. The number of amides is 1. The van der Waals surface area contributed by atoms with Gasteiger partial charge in [0.05, 0.1) is 5.56 Å². The Morgan fingerprint density at radius 1 is 1.23 bits per heavy atom. The van der Waals surface area contributed by atoms with Gasteiger partial charge in [0.15, 0.2) is 12.9 Å². The highest BCUT2D eigenvalue weighted by Gasteiger charge is 2.07. The minimum absolute atomic E-state index is 0.232. The molecule has 0 spiro atoms. The van der Waals surface area contributed by atoms with Gasteiger partial charge in [-0.25, -0.2) is 4.39 Å². The number of hydrogen-bond acceptors (Lipinski definition) is 3. The number of hydrogen-bond donors (Lipinski definition) is 1. The first kappa shape index (κ1) is 16.0. The molecule has 0 radical (unpaired) electrons. The van der Waals surface area contributed by atoms with E-state index in [1.807, 2.05) is 0 Å². The molecule has 0 aromatic heterocycles. The Morgan fingerprint density at radius 3 is 2.64 bits per heavy atom. The van der Waals surface area contributed by atoms with Crippen molar-refractivity contribution in [3.8, 4) is 5.75 Å². The summed E-state index contributed by atoms with van der Waals surface area (Å²) in [5, 5.41) is 3.05. The van der Waals surface area contributed by atoms with Gasteiger partial charge in [0, 0.05) is 11.6 Å². The van der Waals surface area contributed by atoms with Crippen LogP contribution in [0.2, 0.25) is 5.02 Å². The van der Waals surface area contributed by atoms with Crippen LogP contribution >= 0.6 is 11.6 Å². The van der Waals surface area contributed by atoms with Crippen LogP contribution in [0, 0.1) is 5.82 Å². The van der Waals surface area contributed by atoms with E-state index < -0.39 is 0 Å². The summed E-state index contributed by atoms with van der Waals surface area (Å²) in [6.45, 7) is 0.0350. The van der Waals surface area contributed by atoms with Crippen LogP contribution in [0.5, 0.6) is 5.75 Å². The average molecular weight is 322 g/mol. The molecule has 1 N–H and O–H groups in total.